The Morgan fingerprint density at radius 3 is 2.62 bits per heavy atom. The molecule has 0 aromatic heterocycles. The molecular formula is C9H18O4. The van der Waals surface area contributed by atoms with Crippen molar-refractivity contribution in [3.05, 3.63) is 0 Å². The lowest BCUT2D eigenvalue weighted by Crippen LogP contribution is -2.25. The highest BCUT2D eigenvalue weighted by Crippen LogP contribution is 2.06. The average molecular weight is 190 g/mol. The van der Waals surface area contributed by atoms with Gasteiger partial charge in [0.25, 0.3) is 0 Å². The van der Waals surface area contributed by atoms with Crippen LogP contribution in [-0.4, -0.2) is 35.5 Å². The Bertz CT molecular complexity index is 136. The van der Waals surface area contributed by atoms with Crippen molar-refractivity contribution in [1.29, 1.82) is 0 Å². The third-order valence-electron chi connectivity index (χ3n) is 1.76. The maximum atomic E-state index is 10.6. The lowest BCUT2D eigenvalue weighted by Gasteiger charge is -2.11. The van der Waals surface area contributed by atoms with E-state index in [1.165, 1.54) is 0 Å². The molecular weight excluding hydrogens is 172 g/mol. The van der Waals surface area contributed by atoms with E-state index >= 15 is 0 Å². The Balaban J connectivity index is 3.61. The smallest absolute Gasteiger partial charge is 0.332 e. The summed E-state index contributed by atoms with van der Waals surface area (Å²) in [5.74, 6) is -0.940. The van der Waals surface area contributed by atoms with Crippen molar-refractivity contribution < 1.29 is 19.7 Å². The molecule has 0 aliphatic carbocycles. The van der Waals surface area contributed by atoms with Gasteiger partial charge in [-0.25, -0.2) is 4.79 Å². The molecule has 13 heavy (non-hydrogen) atoms. The van der Waals surface area contributed by atoms with Gasteiger partial charge in [-0.05, 0) is 6.42 Å². The van der Waals surface area contributed by atoms with Crippen molar-refractivity contribution in [3.8, 4) is 0 Å². The van der Waals surface area contributed by atoms with Crippen LogP contribution in [0.4, 0.5) is 0 Å². The molecule has 0 amide bonds. The summed E-state index contributed by atoms with van der Waals surface area (Å²) in [4.78, 5) is 10.6. The van der Waals surface area contributed by atoms with Gasteiger partial charge in [0.05, 0.1) is 13.2 Å². The molecule has 0 aromatic carbocycles. The molecule has 0 aromatic rings. The van der Waals surface area contributed by atoms with E-state index in [0.29, 0.717) is 6.42 Å². The molecule has 0 aliphatic heterocycles. The Hall–Kier alpha value is -0.610. The minimum Gasteiger partial charge on any atom is -0.479 e. The molecule has 0 fully saturated rings. The number of carbonyl (C=O) groups is 1. The fourth-order valence-corrected chi connectivity index (χ4v) is 1.05. The number of hydrogen-bond donors (Lipinski definition) is 2. The first-order chi connectivity index (χ1) is 6.22. The lowest BCUT2D eigenvalue weighted by molar-refractivity contribution is -0.151. The topological polar surface area (TPSA) is 66.8 Å². The predicted molar refractivity (Wildman–Crippen MR) is 48.6 cm³/mol. The molecule has 0 rings (SSSR count). The number of carboxylic acids is 1. The van der Waals surface area contributed by atoms with E-state index in [-0.39, 0.29) is 13.2 Å². The van der Waals surface area contributed by atoms with Crippen LogP contribution in [0.25, 0.3) is 0 Å². The SMILES string of the molecule is CCCCCC(OCCO)C(=O)O. The van der Waals surface area contributed by atoms with Gasteiger partial charge in [0.2, 0.25) is 0 Å². The number of aliphatic hydroxyl groups excluding tert-OH is 1. The van der Waals surface area contributed by atoms with Gasteiger partial charge < -0.3 is 14.9 Å². The second-order valence-corrected chi connectivity index (χ2v) is 2.92. The van der Waals surface area contributed by atoms with Crippen molar-refractivity contribution in [2.24, 2.45) is 0 Å². The first-order valence-corrected chi connectivity index (χ1v) is 4.67. The number of carboxylic acid groups (broad SMARTS) is 1. The highest BCUT2D eigenvalue weighted by Gasteiger charge is 2.16. The number of hydrogen-bond acceptors (Lipinski definition) is 3. The largest absolute Gasteiger partial charge is 0.479 e. The van der Waals surface area contributed by atoms with Crippen LogP contribution >= 0.6 is 0 Å². The highest BCUT2D eigenvalue weighted by atomic mass is 16.5. The Morgan fingerprint density at radius 2 is 2.15 bits per heavy atom. The van der Waals surface area contributed by atoms with Gasteiger partial charge in [-0.2, -0.15) is 0 Å². The lowest BCUT2D eigenvalue weighted by atomic mass is 10.1. The molecule has 1 unspecified atom stereocenters. The van der Waals surface area contributed by atoms with Crippen LogP contribution in [0.3, 0.4) is 0 Å². The van der Waals surface area contributed by atoms with E-state index in [1.54, 1.807) is 0 Å². The molecule has 4 heteroatoms. The summed E-state index contributed by atoms with van der Waals surface area (Å²) in [5.41, 5.74) is 0. The molecule has 0 bridgehead atoms. The average Bonchev–Trinajstić information content (AvgIpc) is 2.10. The minimum atomic E-state index is -0.940. The summed E-state index contributed by atoms with van der Waals surface area (Å²) >= 11 is 0. The van der Waals surface area contributed by atoms with Gasteiger partial charge in [-0.1, -0.05) is 26.2 Å². The van der Waals surface area contributed by atoms with Crippen molar-refractivity contribution in [3.63, 3.8) is 0 Å². The molecule has 0 saturated carbocycles. The van der Waals surface area contributed by atoms with Crippen LogP contribution in [0, 0.1) is 0 Å². The second kappa shape index (κ2) is 8.01. The van der Waals surface area contributed by atoms with Crippen LogP contribution in [0.1, 0.15) is 32.6 Å². The summed E-state index contributed by atoms with van der Waals surface area (Å²) in [6.45, 7) is 2.03. The Kier molecular flexibility index (Phi) is 7.63. The zero-order valence-electron chi connectivity index (χ0n) is 8.03. The van der Waals surface area contributed by atoms with Crippen LogP contribution in [0.5, 0.6) is 0 Å². The fraction of sp³-hybridized carbons (Fsp3) is 0.889. The third-order valence-corrected chi connectivity index (χ3v) is 1.76. The molecule has 0 radical (unpaired) electrons. The molecule has 0 spiro atoms. The van der Waals surface area contributed by atoms with E-state index in [4.69, 9.17) is 14.9 Å². The molecule has 0 heterocycles. The second-order valence-electron chi connectivity index (χ2n) is 2.92. The molecule has 1 atom stereocenters. The van der Waals surface area contributed by atoms with E-state index in [9.17, 15) is 4.79 Å². The van der Waals surface area contributed by atoms with Crippen LogP contribution in [0.2, 0.25) is 0 Å². The number of aliphatic hydroxyl groups is 1. The summed E-state index contributed by atoms with van der Waals surface area (Å²) in [7, 11) is 0. The number of ether oxygens (including phenoxy) is 1. The van der Waals surface area contributed by atoms with Crippen LogP contribution in [-0.2, 0) is 9.53 Å². The van der Waals surface area contributed by atoms with Gasteiger partial charge in [0, 0.05) is 0 Å². The molecule has 0 aliphatic rings. The first kappa shape index (κ1) is 12.4. The normalized spacial score (nSPS) is 12.8. The maximum absolute atomic E-state index is 10.6. The van der Waals surface area contributed by atoms with Gasteiger partial charge in [0.15, 0.2) is 6.10 Å². The standard InChI is InChI=1S/C9H18O4/c1-2-3-4-5-8(9(11)12)13-7-6-10/h8,10H,2-7H2,1H3,(H,11,12). The predicted octanol–water partition coefficient (Wildman–Crippen LogP) is 1.03. The van der Waals surface area contributed by atoms with Crippen LogP contribution in [0.15, 0.2) is 0 Å². The quantitative estimate of drug-likeness (QED) is 0.561. The summed E-state index contributed by atoms with van der Waals surface area (Å²) in [6, 6.07) is 0. The van der Waals surface area contributed by atoms with Gasteiger partial charge in [-0.3, -0.25) is 0 Å². The zero-order chi connectivity index (χ0) is 10.1. The van der Waals surface area contributed by atoms with E-state index in [2.05, 4.69) is 6.92 Å². The molecule has 4 nitrogen and oxygen atoms in total. The van der Waals surface area contributed by atoms with Crippen molar-refractivity contribution in [1.82, 2.24) is 0 Å². The number of rotatable bonds is 8. The Labute approximate surface area is 78.5 Å². The molecule has 2 N–H and O–H groups in total. The molecule has 0 saturated heterocycles. The monoisotopic (exact) mass is 190 g/mol. The maximum Gasteiger partial charge on any atom is 0.332 e. The molecule has 78 valence electrons. The van der Waals surface area contributed by atoms with E-state index < -0.39 is 12.1 Å². The van der Waals surface area contributed by atoms with Crippen molar-refractivity contribution in [2.45, 2.75) is 38.7 Å². The fourth-order valence-electron chi connectivity index (χ4n) is 1.05. The van der Waals surface area contributed by atoms with Crippen molar-refractivity contribution in [2.75, 3.05) is 13.2 Å². The van der Waals surface area contributed by atoms with Gasteiger partial charge in [-0.15, -0.1) is 0 Å². The number of aliphatic carboxylic acids is 1. The zero-order valence-corrected chi connectivity index (χ0v) is 8.03. The number of unbranched alkanes of at least 4 members (excludes halogenated alkanes) is 2. The first-order valence-electron chi connectivity index (χ1n) is 4.67. The Morgan fingerprint density at radius 1 is 1.46 bits per heavy atom. The highest BCUT2D eigenvalue weighted by molar-refractivity contribution is 5.72. The third kappa shape index (κ3) is 6.54. The summed E-state index contributed by atoms with van der Waals surface area (Å²) < 4.78 is 4.95. The summed E-state index contributed by atoms with van der Waals surface area (Å²) in [6.07, 6.45) is 2.72. The minimum absolute atomic E-state index is 0.100. The van der Waals surface area contributed by atoms with Crippen molar-refractivity contribution >= 4 is 5.97 Å². The van der Waals surface area contributed by atoms with Gasteiger partial charge >= 0.3 is 5.97 Å². The van der Waals surface area contributed by atoms with Gasteiger partial charge in [0.1, 0.15) is 0 Å². The van der Waals surface area contributed by atoms with E-state index in [0.717, 1.165) is 19.3 Å². The van der Waals surface area contributed by atoms with E-state index in [1.807, 2.05) is 0 Å². The summed E-state index contributed by atoms with van der Waals surface area (Å²) in [5, 5.41) is 17.1. The van der Waals surface area contributed by atoms with Crippen LogP contribution < -0.4 is 0 Å².